The van der Waals surface area contributed by atoms with E-state index in [0.29, 0.717) is 22.2 Å². The predicted molar refractivity (Wildman–Crippen MR) is 123 cm³/mol. The Morgan fingerprint density at radius 2 is 1.65 bits per heavy atom. The highest BCUT2D eigenvalue weighted by atomic mass is 32.1. The van der Waals surface area contributed by atoms with Crippen LogP contribution in [0.2, 0.25) is 0 Å². The van der Waals surface area contributed by atoms with Crippen molar-refractivity contribution in [3.05, 3.63) is 91.4 Å². The van der Waals surface area contributed by atoms with Crippen LogP contribution in [0.4, 0.5) is 0 Å². The summed E-state index contributed by atoms with van der Waals surface area (Å²) >= 11 is 1.27. The van der Waals surface area contributed by atoms with E-state index in [1.807, 2.05) is 67.8 Å². The molecule has 2 N–H and O–H groups in total. The summed E-state index contributed by atoms with van der Waals surface area (Å²) < 4.78 is 0.850. The van der Waals surface area contributed by atoms with E-state index in [9.17, 15) is 19.5 Å². The summed E-state index contributed by atoms with van der Waals surface area (Å²) in [5.74, 6) is -1.20. The van der Waals surface area contributed by atoms with Gasteiger partial charge in [0.15, 0.2) is 0 Å². The van der Waals surface area contributed by atoms with Gasteiger partial charge in [0.2, 0.25) is 0 Å². The van der Waals surface area contributed by atoms with E-state index < -0.39 is 23.3 Å². The molecule has 2 aromatic carbocycles. The van der Waals surface area contributed by atoms with Gasteiger partial charge >= 0.3 is 11.7 Å². The largest absolute Gasteiger partial charge is 0.480 e. The molecule has 0 aliphatic heterocycles. The number of nitrogens with zero attached hydrogens (tertiary/aromatic N) is 1. The topological polar surface area (TPSA) is 92.2 Å². The van der Waals surface area contributed by atoms with Crippen LogP contribution in [0.3, 0.4) is 0 Å². The number of aliphatic carboxylic acids is 1. The molecule has 7 heteroatoms. The number of fused-ring (bicyclic) bond motifs is 1. The average Bonchev–Trinajstić information content (AvgIpc) is 3.15. The van der Waals surface area contributed by atoms with Gasteiger partial charge in [0, 0.05) is 10.9 Å². The Morgan fingerprint density at radius 3 is 2.26 bits per heavy atom. The van der Waals surface area contributed by atoms with E-state index in [1.54, 1.807) is 0 Å². The summed E-state index contributed by atoms with van der Waals surface area (Å²) in [6.07, 6.45) is 0.576. The molecule has 2 heterocycles. The van der Waals surface area contributed by atoms with E-state index in [2.05, 4.69) is 4.98 Å². The van der Waals surface area contributed by atoms with Gasteiger partial charge in [-0.2, -0.15) is 0 Å². The molecule has 4 aromatic rings. The number of nitrogens with one attached hydrogen (secondary N) is 1. The fourth-order valence-electron chi connectivity index (χ4n) is 3.68. The summed E-state index contributed by atoms with van der Waals surface area (Å²) in [6.45, 7) is 3.95. The smallest absolute Gasteiger partial charge is 0.330 e. The van der Waals surface area contributed by atoms with E-state index in [0.717, 1.165) is 26.8 Å². The fourth-order valence-corrected chi connectivity index (χ4v) is 4.63. The van der Waals surface area contributed by atoms with Crippen molar-refractivity contribution in [3.8, 4) is 11.1 Å². The van der Waals surface area contributed by atoms with E-state index in [-0.39, 0.29) is 6.42 Å². The van der Waals surface area contributed by atoms with E-state index >= 15 is 0 Å². The van der Waals surface area contributed by atoms with Crippen molar-refractivity contribution in [1.29, 1.82) is 0 Å². The Hall–Kier alpha value is -3.45. The first kappa shape index (κ1) is 20.8. The third kappa shape index (κ3) is 4.09. The molecule has 6 nitrogen and oxygen atoms in total. The Morgan fingerprint density at radius 1 is 1.03 bits per heavy atom. The summed E-state index contributed by atoms with van der Waals surface area (Å²) in [7, 11) is 0. The van der Waals surface area contributed by atoms with Gasteiger partial charge in [-0.3, -0.25) is 9.78 Å². The van der Waals surface area contributed by atoms with Crippen molar-refractivity contribution in [1.82, 2.24) is 9.55 Å². The molecule has 1 unspecified atom stereocenters. The molecule has 0 saturated carbocycles. The number of hydrogen-bond acceptors (Lipinski definition) is 4. The summed E-state index contributed by atoms with van der Waals surface area (Å²) in [5, 5.41) is 12.0. The number of hydrogen-bond donors (Lipinski definition) is 2. The third-order valence-corrected chi connectivity index (χ3v) is 6.34. The first-order valence-corrected chi connectivity index (χ1v) is 10.8. The van der Waals surface area contributed by atoms with E-state index in [1.165, 1.54) is 11.3 Å². The van der Waals surface area contributed by atoms with Gasteiger partial charge in [-0.25, -0.2) is 14.2 Å². The standard InChI is InChI=1S/C24H22N2O4S/c1-14-3-7-16(8-4-14)9-12-19(23(28)29)26-22(27)20-18(13-31-21(20)25-24(26)30)17-10-5-15(2)6-11-17/h3-8,10-11,13,19H,9,12H2,1-2H3,(H,25,30)(H,28,29). The zero-order valence-corrected chi connectivity index (χ0v) is 18.0. The van der Waals surface area contributed by atoms with Crippen LogP contribution < -0.4 is 11.2 Å². The molecule has 0 bridgehead atoms. The number of H-pyrrole nitrogens is 1. The van der Waals surface area contributed by atoms with E-state index in [4.69, 9.17) is 0 Å². The molecule has 31 heavy (non-hydrogen) atoms. The highest BCUT2D eigenvalue weighted by molar-refractivity contribution is 7.17. The monoisotopic (exact) mass is 434 g/mol. The number of aryl methyl sites for hydroxylation is 3. The molecule has 0 radical (unpaired) electrons. The Balaban J connectivity index is 1.79. The molecule has 2 aromatic heterocycles. The van der Waals surface area contributed by atoms with Crippen molar-refractivity contribution in [2.24, 2.45) is 0 Å². The fraction of sp³-hybridized carbons (Fsp3) is 0.208. The molecule has 0 fully saturated rings. The minimum atomic E-state index is -1.26. The number of rotatable bonds is 6. The summed E-state index contributed by atoms with van der Waals surface area (Å²) in [6, 6.07) is 14.2. The van der Waals surface area contributed by atoms with Gasteiger partial charge in [0.05, 0.1) is 5.39 Å². The van der Waals surface area contributed by atoms with Crippen LogP contribution in [0.1, 0.15) is 29.2 Å². The highest BCUT2D eigenvalue weighted by Gasteiger charge is 2.25. The maximum atomic E-state index is 13.4. The molecular weight excluding hydrogens is 412 g/mol. The van der Waals surface area contributed by atoms with Crippen molar-refractivity contribution < 1.29 is 9.90 Å². The van der Waals surface area contributed by atoms with Crippen LogP contribution in [-0.4, -0.2) is 20.6 Å². The van der Waals surface area contributed by atoms with Gasteiger partial charge in [-0.15, -0.1) is 11.3 Å². The second-order valence-corrected chi connectivity index (χ2v) is 8.58. The molecule has 0 aliphatic carbocycles. The molecule has 0 spiro atoms. The van der Waals surface area contributed by atoms with Crippen molar-refractivity contribution in [3.63, 3.8) is 0 Å². The minimum Gasteiger partial charge on any atom is -0.480 e. The van der Waals surface area contributed by atoms with Crippen LogP contribution in [0.25, 0.3) is 21.3 Å². The van der Waals surface area contributed by atoms with Crippen LogP contribution in [-0.2, 0) is 11.2 Å². The van der Waals surface area contributed by atoms with Crippen molar-refractivity contribution in [2.45, 2.75) is 32.7 Å². The maximum absolute atomic E-state index is 13.4. The van der Waals surface area contributed by atoms with Crippen LogP contribution in [0.15, 0.2) is 63.5 Å². The second-order valence-electron chi connectivity index (χ2n) is 7.70. The lowest BCUT2D eigenvalue weighted by Gasteiger charge is -2.15. The normalized spacial score (nSPS) is 12.2. The predicted octanol–water partition coefficient (Wildman–Crippen LogP) is 4.29. The number of carbonyl (C=O) groups is 1. The molecule has 0 amide bonds. The number of aromatic nitrogens is 2. The minimum absolute atomic E-state index is 0.136. The van der Waals surface area contributed by atoms with Crippen LogP contribution in [0.5, 0.6) is 0 Å². The first-order chi connectivity index (χ1) is 14.8. The quantitative estimate of drug-likeness (QED) is 0.473. The molecule has 158 valence electrons. The molecule has 1 atom stereocenters. The number of aromatic amines is 1. The zero-order valence-electron chi connectivity index (χ0n) is 17.2. The van der Waals surface area contributed by atoms with Crippen molar-refractivity contribution >= 4 is 27.5 Å². The lowest BCUT2D eigenvalue weighted by Crippen LogP contribution is -2.41. The lowest BCUT2D eigenvalue weighted by molar-refractivity contribution is -0.141. The Bertz CT molecular complexity index is 1360. The number of carboxylic acid groups (broad SMARTS) is 1. The van der Waals surface area contributed by atoms with Gasteiger partial charge in [-0.1, -0.05) is 59.7 Å². The summed E-state index contributed by atoms with van der Waals surface area (Å²) in [4.78, 5) is 41.2. The number of benzene rings is 2. The molecular formula is C24H22N2O4S. The Kier molecular flexibility index (Phi) is 5.61. The SMILES string of the molecule is Cc1ccc(CCC(C(=O)O)n2c(=O)[nH]c3scc(-c4ccc(C)cc4)c3c2=O)cc1. The maximum Gasteiger partial charge on any atom is 0.330 e. The third-order valence-electron chi connectivity index (χ3n) is 5.45. The lowest BCUT2D eigenvalue weighted by atomic mass is 10.0. The van der Waals surface area contributed by atoms with Gasteiger partial charge in [0.1, 0.15) is 10.9 Å². The van der Waals surface area contributed by atoms with Gasteiger partial charge in [0.25, 0.3) is 5.56 Å². The molecule has 0 aliphatic rings. The second kappa shape index (κ2) is 8.35. The van der Waals surface area contributed by atoms with Gasteiger partial charge < -0.3 is 5.11 Å². The van der Waals surface area contributed by atoms with Crippen LogP contribution >= 0.6 is 11.3 Å². The molecule has 0 saturated heterocycles. The number of thiophene rings is 1. The average molecular weight is 435 g/mol. The van der Waals surface area contributed by atoms with Crippen LogP contribution in [0, 0.1) is 13.8 Å². The number of carboxylic acids is 1. The first-order valence-electron chi connectivity index (χ1n) is 9.96. The summed E-state index contributed by atoms with van der Waals surface area (Å²) in [5.41, 5.74) is 3.42. The van der Waals surface area contributed by atoms with Gasteiger partial charge in [-0.05, 0) is 37.8 Å². The Labute approximate surface area is 182 Å². The molecule has 4 rings (SSSR count). The zero-order chi connectivity index (χ0) is 22.1. The van der Waals surface area contributed by atoms with Crippen molar-refractivity contribution in [2.75, 3.05) is 0 Å². The highest BCUT2D eigenvalue weighted by Crippen LogP contribution is 2.30.